The van der Waals surface area contributed by atoms with Gasteiger partial charge in [-0.05, 0) is 48.4 Å². The van der Waals surface area contributed by atoms with E-state index >= 15 is 0 Å². The Hall–Kier alpha value is -2.30. The minimum atomic E-state index is 0.611. The Morgan fingerprint density at radius 1 is 1.10 bits per heavy atom. The Labute approximate surface area is 126 Å². The van der Waals surface area contributed by atoms with Gasteiger partial charge in [0, 0.05) is 11.0 Å². The Kier molecular flexibility index (Phi) is 4.40. The molecule has 0 saturated heterocycles. The molecule has 0 aliphatic carbocycles. The van der Waals surface area contributed by atoms with Gasteiger partial charge in [0.1, 0.15) is 6.07 Å². The lowest BCUT2D eigenvalue weighted by Crippen LogP contribution is -2.03. The standard InChI is InChI=1S/C16H12BrN3/c1-11-6-12(8-18)2-3-14(11)10-20-16-7-15(17)5-4-13(16)9-19/h2-7,20H,10H2,1H3. The molecule has 3 nitrogen and oxygen atoms in total. The van der Waals surface area contributed by atoms with Crippen molar-refractivity contribution in [2.24, 2.45) is 0 Å². The first-order valence-corrected chi connectivity index (χ1v) is 6.86. The average molecular weight is 326 g/mol. The zero-order valence-corrected chi connectivity index (χ0v) is 12.5. The van der Waals surface area contributed by atoms with E-state index in [-0.39, 0.29) is 0 Å². The van der Waals surface area contributed by atoms with Crippen molar-refractivity contribution in [1.82, 2.24) is 0 Å². The number of hydrogen-bond acceptors (Lipinski definition) is 3. The molecule has 2 aromatic carbocycles. The van der Waals surface area contributed by atoms with Crippen LogP contribution in [0.25, 0.3) is 0 Å². The van der Waals surface area contributed by atoms with Crippen LogP contribution in [0.1, 0.15) is 22.3 Å². The van der Waals surface area contributed by atoms with E-state index < -0.39 is 0 Å². The molecule has 4 heteroatoms. The summed E-state index contributed by atoms with van der Waals surface area (Å²) < 4.78 is 0.926. The molecule has 20 heavy (non-hydrogen) atoms. The van der Waals surface area contributed by atoms with E-state index in [0.29, 0.717) is 17.7 Å². The van der Waals surface area contributed by atoms with Crippen LogP contribution in [-0.2, 0) is 6.54 Å². The second kappa shape index (κ2) is 6.23. The summed E-state index contributed by atoms with van der Waals surface area (Å²) in [5, 5.41) is 21.2. The molecule has 0 heterocycles. The maximum atomic E-state index is 9.09. The number of anilines is 1. The first-order valence-electron chi connectivity index (χ1n) is 6.07. The van der Waals surface area contributed by atoms with Gasteiger partial charge in [-0.1, -0.05) is 22.0 Å². The van der Waals surface area contributed by atoms with Crippen LogP contribution >= 0.6 is 15.9 Å². The van der Waals surface area contributed by atoms with Gasteiger partial charge in [0.15, 0.2) is 0 Å². The van der Waals surface area contributed by atoms with Crippen molar-refractivity contribution in [3.8, 4) is 12.1 Å². The molecule has 0 atom stereocenters. The van der Waals surface area contributed by atoms with Gasteiger partial charge in [0.2, 0.25) is 0 Å². The first kappa shape index (κ1) is 14.1. The summed E-state index contributed by atoms with van der Waals surface area (Å²) in [6, 6.07) is 15.4. The number of aryl methyl sites for hydroxylation is 1. The summed E-state index contributed by atoms with van der Waals surface area (Å²) in [7, 11) is 0. The fourth-order valence-electron chi connectivity index (χ4n) is 1.91. The van der Waals surface area contributed by atoms with E-state index in [0.717, 1.165) is 21.3 Å². The lowest BCUT2D eigenvalue weighted by Gasteiger charge is -2.11. The van der Waals surface area contributed by atoms with E-state index in [1.807, 2.05) is 31.2 Å². The summed E-state index contributed by atoms with van der Waals surface area (Å²) in [4.78, 5) is 0. The maximum Gasteiger partial charge on any atom is 0.101 e. The Morgan fingerprint density at radius 3 is 2.55 bits per heavy atom. The Bertz CT molecular complexity index is 723. The fourth-order valence-corrected chi connectivity index (χ4v) is 2.28. The van der Waals surface area contributed by atoms with E-state index in [1.54, 1.807) is 12.1 Å². The lowest BCUT2D eigenvalue weighted by atomic mass is 10.1. The Morgan fingerprint density at radius 2 is 1.90 bits per heavy atom. The van der Waals surface area contributed by atoms with Crippen LogP contribution < -0.4 is 5.32 Å². The van der Waals surface area contributed by atoms with Crippen molar-refractivity contribution < 1.29 is 0 Å². The third-order valence-electron chi connectivity index (χ3n) is 3.04. The highest BCUT2D eigenvalue weighted by atomic mass is 79.9. The topological polar surface area (TPSA) is 59.6 Å². The number of halogens is 1. The number of rotatable bonds is 3. The van der Waals surface area contributed by atoms with Crippen molar-refractivity contribution in [3.05, 3.63) is 63.1 Å². The normalized spacial score (nSPS) is 9.60. The lowest BCUT2D eigenvalue weighted by molar-refractivity contribution is 1.11. The number of nitriles is 2. The van der Waals surface area contributed by atoms with Gasteiger partial charge in [-0.25, -0.2) is 0 Å². The van der Waals surface area contributed by atoms with Gasteiger partial charge in [-0.2, -0.15) is 10.5 Å². The zero-order valence-electron chi connectivity index (χ0n) is 10.9. The highest BCUT2D eigenvalue weighted by molar-refractivity contribution is 9.10. The zero-order chi connectivity index (χ0) is 14.5. The molecular formula is C16H12BrN3. The minimum Gasteiger partial charge on any atom is -0.380 e. The van der Waals surface area contributed by atoms with Crippen molar-refractivity contribution in [2.75, 3.05) is 5.32 Å². The van der Waals surface area contributed by atoms with Gasteiger partial charge in [0.25, 0.3) is 0 Å². The molecule has 1 N–H and O–H groups in total. The molecular weight excluding hydrogens is 314 g/mol. The monoisotopic (exact) mass is 325 g/mol. The molecule has 0 radical (unpaired) electrons. The average Bonchev–Trinajstić information content (AvgIpc) is 2.46. The molecule has 0 fully saturated rings. The van der Waals surface area contributed by atoms with Crippen molar-refractivity contribution in [3.63, 3.8) is 0 Å². The van der Waals surface area contributed by atoms with Crippen LogP contribution in [0, 0.1) is 29.6 Å². The maximum absolute atomic E-state index is 9.09. The highest BCUT2D eigenvalue weighted by Crippen LogP contribution is 2.22. The van der Waals surface area contributed by atoms with Crippen LogP contribution in [0.15, 0.2) is 40.9 Å². The van der Waals surface area contributed by atoms with E-state index in [9.17, 15) is 0 Å². The summed E-state index contributed by atoms with van der Waals surface area (Å²) in [6.07, 6.45) is 0. The molecule has 0 aliphatic rings. The summed E-state index contributed by atoms with van der Waals surface area (Å²) >= 11 is 3.40. The highest BCUT2D eigenvalue weighted by Gasteiger charge is 2.04. The summed E-state index contributed by atoms with van der Waals surface area (Å²) in [6.45, 7) is 2.59. The van der Waals surface area contributed by atoms with Crippen molar-refractivity contribution in [2.45, 2.75) is 13.5 Å². The molecule has 0 bridgehead atoms. The number of benzene rings is 2. The third-order valence-corrected chi connectivity index (χ3v) is 3.54. The second-order valence-electron chi connectivity index (χ2n) is 4.41. The Balaban J connectivity index is 2.19. The van der Waals surface area contributed by atoms with E-state index in [4.69, 9.17) is 10.5 Å². The molecule has 98 valence electrons. The van der Waals surface area contributed by atoms with Crippen LogP contribution in [0.2, 0.25) is 0 Å². The second-order valence-corrected chi connectivity index (χ2v) is 5.32. The van der Waals surface area contributed by atoms with Gasteiger partial charge >= 0.3 is 0 Å². The first-order chi connectivity index (χ1) is 9.63. The quantitative estimate of drug-likeness (QED) is 0.923. The van der Waals surface area contributed by atoms with Crippen molar-refractivity contribution in [1.29, 1.82) is 10.5 Å². The molecule has 0 aromatic heterocycles. The number of nitrogens with zero attached hydrogens (tertiary/aromatic N) is 2. The molecule has 0 amide bonds. The van der Waals surface area contributed by atoms with Gasteiger partial charge in [-0.3, -0.25) is 0 Å². The SMILES string of the molecule is Cc1cc(C#N)ccc1CNc1cc(Br)ccc1C#N. The molecule has 0 aliphatic heterocycles. The summed E-state index contributed by atoms with van der Waals surface area (Å²) in [5.74, 6) is 0. The summed E-state index contributed by atoms with van der Waals surface area (Å²) in [5.41, 5.74) is 4.23. The molecule has 2 aromatic rings. The van der Waals surface area contributed by atoms with Crippen LogP contribution in [0.3, 0.4) is 0 Å². The molecule has 0 unspecified atom stereocenters. The van der Waals surface area contributed by atoms with E-state index in [2.05, 4.69) is 33.4 Å². The fraction of sp³-hybridized carbons (Fsp3) is 0.125. The third kappa shape index (κ3) is 3.17. The van der Waals surface area contributed by atoms with Gasteiger partial charge < -0.3 is 5.32 Å². The van der Waals surface area contributed by atoms with Gasteiger partial charge in [0.05, 0.1) is 22.9 Å². The van der Waals surface area contributed by atoms with Crippen LogP contribution in [-0.4, -0.2) is 0 Å². The van der Waals surface area contributed by atoms with Crippen LogP contribution in [0.5, 0.6) is 0 Å². The predicted molar refractivity (Wildman–Crippen MR) is 82.1 cm³/mol. The van der Waals surface area contributed by atoms with Crippen LogP contribution in [0.4, 0.5) is 5.69 Å². The minimum absolute atomic E-state index is 0.611. The van der Waals surface area contributed by atoms with Gasteiger partial charge in [-0.15, -0.1) is 0 Å². The molecule has 2 rings (SSSR count). The smallest absolute Gasteiger partial charge is 0.101 e. The molecule has 0 saturated carbocycles. The molecule has 0 spiro atoms. The largest absolute Gasteiger partial charge is 0.380 e. The number of nitrogens with one attached hydrogen (secondary N) is 1. The predicted octanol–water partition coefficient (Wildman–Crippen LogP) is 4.11. The number of hydrogen-bond donors (Lipinski definition) is 1. The van der Waals surface area contributed by atoms with Crippen molar-refractivity contribution >= 4 is 21.6 Å². The van der Waals surface area contributed by atoms with E-state index in [1.165, 1.54) is 0 Å².